The molecule has 25 heavy (non-hydrogen) atoms. The number of aromatic nitrogens is 3. The van der Waals surface area contributed by atoms with Crippen LogP contribution >= 0.6 is 11.6 Å². The Bertz CT molecular complexity index is 880. The molecule has 7 heteroatoms. The van der Waals surface area contributed by atoms with Crippen LogP contribution in [0.5, 0.6) is 0 Å². The minimum absolute atomic E-state index is 0.223. The molecule has 0 aliphatic heterocycles. The van der Waals surface area contributed by atoms with Gasteiger partial charge >= 0.3 is 5.97 Å². The summed E-state index contributed by atoms with van der Waals surface area (Å²) in [6, 6.07) is 13.1. The van der Waals surface area contributed by atoms with E-state index in [-0.39, 0.29) is 5.69 Å². The van der Waals surface area contributed by atoms with Crippen molar-refractivity contribution in [1.82, 2.24) is 14.5 Å². The first kappa shape index (κ1) is 17.4. The summed E-state index contributed by atoms with van der Waals surface area (Å²) in [5.41, 5.74) is 2.41. The molecule has 1 unspecified atom stereocenters. The fraction of sp³-hybridized carbons (Fsp3) is 0.278. The number of nitrogens with zero attached hydrogens (tertiary/aromatic N) is 3. The number of ether oxygens (including phenoxy) is 2. The number of pyridine rings is 1. The first-order chi connectivity index (χ1) is 12.2. The third-order valence-electron chi connectivity index (χ3n) is 3.78. The number of esters is 1. The lowest BCUT2D eigenvalue weighted by atomic mass is 10.2. The number of methoxy groups -OCH3 is 1. The molecule has 3 aromatic rings. The molecular formula is C18H18ClN3O3. The Morgan fingerprint density at radius 1 is 1.20 bits per heavy atom. The van der Waals surface area contributed by atoms with E-state index in [4.69, 9.17) is 21.1 Å². The Hall–Kier alpha value is -2.44. The highest BCUT2D eigenvalue weighted by molar-refractivity contribution is 6.17. The predicted octanol–water partition coefficient (Wildman–Crippen LogP) is 3.33. The molecule has 0 N–H and O–H groups in total. The van der Waals surface area contributed by atoms with Crippen molar-refractivity contribution < 1.29 is 14.3 Å². The van der Waals surface area contributed by atoms with Gasteiger partial charge in [-0.3, -0.25) is 4.57 Å². The molecule has 6 nitrogen and oxygen atoms in total. The van der Waals surface area contributed by atoms with Crippen molar-refractivity contribution >= 4 is 28.7 Å². The van der Waals surface area contributed by atoms with Crippen molar-refractivity contribution in [3.8, 4) is 0 Å². The number of alkyl halides is 1. The van der Waals surface area contributed by atoms with E-state index >= 15 is 0 Å². The van der Waals surface area contributed by atoms with Crippen molar-refractivity contribution in [3.63, 3.8) is 0 Å². The van der Waals surface area contributed by atoms with Crippen LogP contribution in [-0.2, 0) is 9.47 Å². The number of halogens is 1. The van der Waals surface area contributed by atoms with E-state index < -0.39 is 12.2 Å². The highest BCUT2D eigenvalue weighted by Crippen LogP contribution is 2.26. The maximum atomic E-state index is 11.8. The molecule has 0 radical (unpaired) electrons. The van der Waals surface area contributed by atoms with Crippen molar-refractivity contribution in [2.75, 3.05) is 19.6 Å². The molecule has 0 spiro atoms. The second-order valence-electron chi connectivity index (χ2n) is 5.38. The number of carbonyl (C=O) groups excluding carboxylic acids is 1. The van der Waals surface area contributed by atoms with Gasteiger partial charge in [0.15, 0.2) is 17.6 Å². The molecular weight excluding hydrogens is 342 g/mol. The largest absolute Gasteiger partial charge is 0.464 e. The summed E-state index contributed by atoms with van der Waals surface area (Å²) >= 11 is 5.81. The summed E-state index contributed by atoms with van der Waals surface area (Å²) in [6.07, 6.45) is -0.439. The molecule has 1 aromatic carbocycles. The average molecular weight is 360 g/mol. The second-order valence-corrected chi connectivity index (χ2v) is 5.76. The summed E-state index contributed by atoms with van der Waals surface area (Å²) < 4.78 is 12.6. The van der Waals surface area contributed by atoms with E-state index in [1.54, 1.807) is 12.1 Å². The molecule has 3 rings (SSSR count). The van der Waals surface area contributed by atoms with E-state index in [2.05, 4.69) is 9.97 Å². The van der Waals surface area contributed by atoms with Crippen LogP contribution in [-0.4, -0.2) is 40.1 Å². The molecule has 0 saturated carbocycles. The van der Waals surface area contributed by atoms with Crippen LogP contribution < -0.4 is 0 Å². The zero-order valence-corrected chi connectivity index (χ0v) is 14.7. The Kier molecular flexibility index (Phi) is 5.31. The maximum Gasteiger partial charge on any atom is 0.356 e. The van der Waals surface area contributed by atoms with Crippen molar-refractivity contribution in [2.45, 2.75) is 13.2 Å². The van der Waals surface area contributed by atoms with Crippen LogP contribution in [0, 0.1) is 6.92 Å². The SMILES string of the molecule is COC(=O)c1ccc2nc(C)n(C(OCCCl)c3ccccc3)c2n1. The summed E-state index contributed by atoms with van der Waals surface area (Å²) in [5.74, 6) is 0.605. The number of benzene rings is 1. The van der Waals surface area contributed by atoms with Gasteiger partial charge in [0.2, 0.25) is 0 Å². The smallest absolute Gasteiger partial charge is 0.356 e. The topological polar surface area (TPSA) is 66.2 Å². The lowest BCUT2D eigenvalue weighted by Crippen LogP contribution is -2.18. The zero-order valence-electron chi connectivity index (χ0n) is 14.0. The first-order valence-electron chi connectivity index (χ1n) is 7.82. The minimum Gasteiger partial charge on any atom is -0.464 e. The number of carbonyl (C=O) groups is 1. The minimum atomic E-state index is -0.495. The molecule has 0 aliphatic rings. The van der Waals surface area contributed by atoms with Crippen LogP contribution in [0.15, 0.2) is 42.5 Å². The van der Waals surface area contributed by atoms with Gasteiger partial charge in [0.05, 0.1) is 13.7 Å². The number of imidazole rings is 1. The Balaban J connectivity index is 2.15. The number of aryl methyl sites for hydroxylation is 1. The lowest BCUT2D eigenvalue weighted by molar-refractivity contribution is 0.0433. The van der Waals surface area contributed by atoms with Crippen molar-refractivity contribution in [2.24, 2.45) is 0 Å². The molecule has 2 aromatic heterocycles. The van der Waals surface area contributed by atoms with Gasteiger partial charge in [-0.25, -0.2) is 14.8 Å². The van der Waals surface area contributed by atoms with Crippen LogP contribution in [0.3, 0.4) is 0 Å². The lowest BCUT2D eigenvalue weighted by Gasteiger charge is -2.21. The summed E-state index contributed by atoms with van der Waals surface area (Å²) in [5, 5.41) is 0. The van der Waals surface area contributed by atoms with Gasteiger partial charge in [0, 0.05) is 11.4 Å². The second kappa shape index (κ2) is 7.63. The molecule has 0 saturated heterocycles. The quantitative estimate of drug-likeness (QED) is 0.499. The van der Waals surface area contributed by atoms with Gasteiger partial charge in [0.1, 0.15) is 11.3 Å². The van der Waals surface area contributed by atoms with Crippen LogP contribution in [0.25, 0.3) is 11.2 Å². The zero-order chi connectivity index (χ0) is 17.8. The molecule has 130 valence electrons. The number of hydrogen-bond acceptors (Lipinski definition) is 5. The number of rotatable bonds is 6. The van der Waals surface area contributed by atoms with E-state index in [1.165, 1.54) is 7.11 Å². The molecule has 0 amide bonds. The van der Waals surface area contributed by atoms with Gasteiger partial charge in [-0.2, -0.15) is 0 Å². The van der Waals surface area contributed by atoms with Crippen LogP contribution in [0.2, 0.25) is 0 Å². The Morgan fingerprint density at radius 2 is 1.96 bits per heavy atom. The summed E-state index contributed by atoms with van der Waals surface area (Å²) in [4.78, 5) is 20.8. The fourth-order valence-corrected chi connectivity index (χ4v) is 2.77. The van der Waals surface area contributed by atoms with Crippen molar-refractivity contribution in [1.29, 1.82) is 0 Å². The molecule has 0 bridgehead atoms. The number of hydrogen-bond donors (Lipinski definition) is 0. The molecule has 2 heterocycles. The average Bonchev–Trinajstić information content (AvgIpc) is 2.97. The van der Waals surface area contributed by atoms with Gasteiger partial charge in [-0.05, 0) is 19.1 Å². The highest BCUT2D eigenvalue weighted by atomic mass is 35.5. The Morgan fingerprint density at radius 3 is 2.64 bits per heavy atom. The van der Waals surface area contributed by atoms with Gasteiger partial charge in [-0.1, -0.05) is 30.3 Å². The monoisotopic (exact) mass is 359 g/mol. The normalized spacial score (nSPS) is 12.3. The van der Waals surface area contributed by atoms with E-state index in [1.807, 2.05) is 41.8 Å². The summed E-state index contributed by atoms with van der Waals surface area (Å²) in [6.45, 7) is 2.25. The highest BCUT2D eigenvalue weighted by Gasteiger charge is 2.22. The maximum absolute atomic E-state index is 11.8. The third kappa shape index (κ3) is 3.50. The molecule has 0 fully saturated rings. The van der Waals surface area contributed by atoms with Crippen LogP contribution in [0.4, 0.5) is 0 Å². The standard InChI is InChI=1S/C18H18ClN3O3/c1-12-20-14-8-9-15(18(23)24-2)21-16(14)22(12)17(25-11-10-19)13-6-4-3-5-7-13/h3-9,17H,10-11H2,1-2H3. The van der Waals surface area contributed by atoms with E-state index in [9.17, 15) is 4.79 Å². The van der Waals surface area contributed by atoms with E-state index in [0.29, 0.717) is 23.7 Å². The third-order valence-corrected chi connectivity index (χ3v) is 3.93. The van der Waals surface area contributed by atoms with Gasteiger partial charge < -0.3 is 9.47 Å². The Labute approximate surface area is 150 Å². The fourth-order valence-electron chi connectivity index (χ4n) is 2.68. The van der Waals surface area contributed by atoms with Gasteiger partial charge in [0.25, 0.3) is 0 Å². The van der Waals surface area contributed by atoms with Crippen LogP contribution in [0.1, 0.15) is 28.1 Å². The number of fused-ring (bicyclic) bond motifs is 1. The van der Waals surface area contributed by atoms with Gasteiger partial charge in [-0.15, -0.1) is 11.6 Å². The predicted molar refractivity (Wildman–Crippen MR) is 94.9 cm³/mol. The summed E-state index contributed by atoms with van der Waals surface area (Å²) in [7, 11) is 1.33. The first-order valence-corrected chi connectivity index (χ1v) is 8.35. The molecule has 1 atom stereocenters. The molecule has 0 aliphatic carbocycles. The van der Waals surface area contributed by atoms with E-state index in [0.717, 1.165) is 11.4 Å². The van der Waals surface area contributed by atoms with Crippen molar-refractivity contribution in [3.05, 3.63) is 59.5 Å².